The van der Waals surface area contributed by atoms with Gasteiger partial charge in [-0.3, -0.25) is 14.8 Å². The maximum Gasteiger partial charge on any atom is 0.356 e. The van der Waals surface area contributed by atoms with Crippen LogP contribution in [0.25, 0.3) is 22.6 Å². The Morgan fingerprint density at radius 3 is 2.85 bits per heavy atom. The van der Waals surface area contributed by atoms with E-state index in [1.54, 1.807) is 0 Å². The first-order chi connectivity index (χ1) is 14.8. The number of ether oxygens (including phenoxy) is 1. The summed E-state index contributed by atoms with van der Waals surface area (Å²) in [7, 11) is 2.46. The first-order valence-corrected chi connectivity index (χ1v) is 7.00. The van der Waals surface area contributed by atoms with Gasteiger partial charge in [0.1, 0.15) is 11.4 Å². The minimum atomic E-state index is -2.87. The average molecular weight is 363 g/mol. The summed E-state index contributed by atoms with van der Waals surface area (Å²) in [4.78, 5) is 26.9. The monoisotopic (exact) mass is 363 g/mol. The van der Waals surface area contributed by atoms with Gasteiger partial charge in [0.05, 0.1) is 23.4 Å². The Morgan fingerprint density at radius 2 is 2.19 bits per heavy atom. The van der Waals surface area contributed by atoms with Gasteiger partial charge in [-0.15, -0.1) is 5.10 Å². The molecule has 26 heavy (non-hydrogen) atoms. The van der Waals surface area contributed by atoms with Gasteiger partial charge >= 0.3 is 5.97 Å². The van der Waals surface area contributed by atoms with Crippen molar-refractivity contribution < 1.29 is 22.7 Å². The molecule has 0 aliphatic heterocycles. The van der Waals surface area contributed by atoms with Gasteiger partial charge in [-0.1, -0.05) is 5.21 Å². The lowest BCUT2D eigenvalue weighted by Crippen LogP contribution is -2.07. The minimum absolute atomic E-state index is 0.00424. The smallest absolute Gasteiger partial charge is 0.356 e. The van der Waals surface area contributed by atoms with Gasteiger partial charge in [0.2, 0.25) is 0 Å². The molecule has 0 amide bonds. The Balaban J connectivity index is 2.22. The summed E-state index contributed by atoms with van der Waals surface area (Å²) >= 11 is 0. The van der Waals surface area contributed by atoms with E-state index in [2.05, 4.69) is 25.1 Å². The van der Waals surface area contributed by atoms with E-state index in [0.29, 0.717) is 4.68 Å². The Bertz CT molecular complexity index is 1210. The predicted molar refractivity (Wildman–Crippen MR) is 89.2 cm³/mol. The highest BCUT2D eigenvalue weighted by Gasteiger charge is 2.24. The molecular formula is C15H15N7O4. The van der Waals surface area contributed by atoms with E-state index in [0.717, 1.165) is 30.1 Å². The van der Waals surface area contributed by atoms with Gasteiger partial charge in [-0.2, -0.15) is 5.10 Å². The van der Waals surface area contributed by atoms with Crippen molar-refractivity contribution in [2.75, 3.05) is 7.11 Å². The van der Waals surface area contributed by atoms with Crippen LogP contribution in [0.5, 0.6) is 0 Å². The molecule has 0 aliphatic carbocycles. The van der Waals surface area contributed by atoms with E-state index < -0.39 is 36.1 Å². The quantitative estimate of drug-likeness (QED) is 0.385. The third-order valence-corrected chi connectivity index (χ3v) is 3.51. The van der Waals surface area contributed by atoms with E-state index in [1.807, 2.05) is 0 Å². The highest BCUT2D eigenvalue weighted by molar-refractivity contribution is 5.89. The molecule has 0 aromatic carbocycles. The molecule has 0 radical (unpaired) electrons. The van der Waals surface area contributed by atoms with Crippen LogP contribution in [0, 0.1) is 17.0 Å². The van der Waals surface area contributed by atoms with Crippen LogP contribution in [-0.2, 0) is 18.8 Å². The van der Waals surface area contributed by atoms with Crippen LogP contribution in [0.15, 0.2) is 18.3 Å². The SMILES string of the molecule is [2H]C([2H])([2H])c1nnn(C)c1-c1cnc(-c2cc(C(=O)OC)n(C([2H])([2H])[2H])n2)c([N+](=O)[O-])c1. The molecule has 0 saturated heterocycles. The van der Waals surface area contributed by atoms with Crippen LogP contribution < -0.4 is 0 Å². The Labute approximate surface area is 155 Å². The van der Waals surface area contributed by atoms with Gasteiger partial charge < -0.3 is 4.74 Å². The summed E-state index contributed by atoms with van der Waals surface area (Å²) in [6.45, 7) is -5.50. The lowest BCUT2D eigenvalue weighted by molar-refractivity contribution is -0.384. The molecule has 11 nitrogen and oxygen atoms in total. The normalized spacial score (nSPS) is 15.2. The summed E-state index contributed by atoms with van der Waals surface area (Å²) in [5.41, 5.74) is -1.99. The highest BCUT2D eigenvalue weighted by atomic mass is 16.6. The molecule has 3 aromatic heterocycles. The summed E-state index contributed by atoms with van der Waals surface area (Å²) in [5, 5.41) is 22.8. The van der Waals surface area contributed by atoms with Gasteiger partial charge in [-0.25, -0.2) is 14.5 Å². The van der Waals surface area contributed by atoms with Gasteiger partial charge in [-0.05, 0) is 6.85 Å². The molecule has 0 N–H and O–H groups in total. The first-order valence-electron chi connectivity index (χ1n) is 10.00. The number of carbonyl (C=O) groups is 1. The molecule has 0 aliphatic rings. The van der Waals surface area contributed by atoms with Crippen molar-refractivity contribution in [3.8, 4) is 22.6 Å². The first kappa shape index (κ1) is 11.1. The fourth-order valence-corrected chi connectivity index (χ4v) is 2.35. The van der Waals surface area contributed by atoms with Crippen LogP contribution >= 0.6 is 0 Å². The van der Waals surface area contributed by atoms with Crippen LogP contribution in [0.3, 0.4) is 0 Å². The second-order valence-electron chi connectivity index (χ2n) is 5.08. The van der Waals surface area contributed by atoms with E-state index >= 15 is 0 Å². The maximum absolute atomic E-state index is 12.0. The molecule has 0 spiro atoms. The number of carbonyl (C=O) groups excluding carboxylic acids is 1. The number of rotatable bonds is 4. The fraction of sp³-hybridized carbons (Fsp3) is 0.267. The second-order valence-corrected chi connectivity index (χ2v) is 5.08. The fourth-order valence-electron chi connectivity index (χ4n) is 2.35. The summed E-state index contributed by atoms with van der Waals surface area (Å²) < 4.78 is 51.5. The molecule has 0 saturated carbocycles. The van der Waals surface area contributed by atoms with Crippen molar-refractivity contribution >= 4 is 11.7 Å². The lowest BCUT2D eigenvalue weighted by Gasteiger charge is -2.04. The predicted octanol–water partition coefficient (Wildman–Crippen LogP) is 1.28. The number of aromatic nitrogens is 6. The van der Waals surface area contributed by atoms with Crippen molar-refractivity contribution in [3.05, 3.63) is 39.8 Å². The van der Waals surface area contributed by atoms with E-state index in [1.165, 1.54) is 7.05 Å². The summed E-state index contributed by atoms with van der Waals surface area (Å²) in [6.07, 6.45) is 1.14. The second kappa shape index (κ2) is 6.35. The van der Waals surface area contributed by atoms with Crippen molar-refractivity contribution in [2.24, 2.45) is 14.0 Å². The Kier molecular flexibility index (Phi) is 2.70. The van der Waals surface area contributed by atoms with Gasteiger partial charge in [0.25, 0.3) is 5.69 Å². The zero-order valence-electron chi connectivity index (χ0n) is 19.5. The zero-order valence-corrected chi connectivity index (χ0v) is 13.5. The molecule has 11 heteroatoms. The highest BCUT2D eigenvalue weighted by Crippen LogP contribution is 2.32. The van der Waals surface area contributed by atoms with Crippen molar-refractivity contribution in [1.82, 2.24) is 29.8 Å². The van der Waals surface area contributed by atoms with Gasteiger partial charge in [0, 0.05) is 46.1 Å². The number of nitrogens with zero attached hydrogens (tertiary/aromatic N) is 7. The third-order valence-electron chi connectivity index (χ3n) is 3.51. The molecule has 3 aromatic rings. The summed E-state index contributed by atoms with van der Waals surface area (Å²) in [5.74, 6) is -1.01. The van der Waals surface area contributed by atoms with Crippen LogP contribution in [0.1, 0.15) is 24.4 Å². The number of methoxy groups -OCH3 is 1. The van der Waals surface area contributed by atoms with Crippen molar-refractivity contribution in [2.45, 2.75) is 6.85 Å². The van der Waals surface area contributed by atoms with Crippen LogP contribution in [0.2, 0.25) is 0 Å². The van der Waals surface area contributed by atoms with Crippen molar-refractivity contribution in [3.63, 3.8) is 0 Å². The number of nitro groups is 1. The molecule has 3 heterocycles. The standard InChI is InChI=1S/C15H15N7O4/c1-8-14(21(3)19-17-8)9-5-11(22(24)25)13(16-7-9)10-6-12(15(23)26-4)20(2)18-10/h5-7H,1-4H3/i1D3,2D3. The maximum atomic E-state index is 12.0. The number of pyridine rings is 1. The number of aryl methyl sites for hydroxylation is 3. The van der Waals surface area contributed by atoms with Crippen molar-refractivity contribution in [1.29, 1.82) is 0 Å². The van der Waals surface area contributed by atoms with Crippen LogP contribution in [-0.4, -0.2) is 47.8 Å². The summed E-state index contributed by atoms with van der Waals surface area (Å²) in [6, 6.07) is 2.05. The largest absolute Gasteiger partial charge is 0.464 e. The Hall–Kier alpha value is -3.63. The minimum Gasteiger partial charge on any atom is -0.464 e. The molecule has 0 fully saturated rings. The van der Waals surface area contributed by atoms with E-state index in [9.17, 15) is 14.9 Å². The zero-order chi connectivity index (χ0) is 24.0. The number of hydrogen-bond donors (Lipinski definition) is 0. The molecule has 0 bridgehead atoms. The topological polar surface area (TPSA) is 131 Å². The average Bonchev–Trinajstić information content (AvgIpc) is 3.30. The van der Waals surface area contributed by atoms with E-state index in [-0.39, 0.29) is 28.3 Å². The molecule has 0 atom stereocenters. The Morgan fingerprint density at radius 1 is 1.38 bits per heavy atom. The van der Waals surface area contributed by atoms with Gasteiger partial charge in [0.15, 0.2) is 5.69 Å². The van der Waals surface area contributed by atoms with E-state index in [4.69, 9.17) is 8.22 Å². The molecule has 3 rings (SSSR count). The number of esters is 1. The third kappa shape index (κ3) is 2.79. The molecule has 134 valence electrons. The molecular weight excluding hydrogens is 342 g/mol. The van der Waals surface area contributed by atoms with Crippen LogP contribution in [0.4, 0.5) is 5.69 Å². The lowest BCUT2D eigenvalue weighted by atomic mass is 10.1. The number of hydrogen-bond acceptors (Lipinski definition) is 8. The molecule has 0 unspecified atom stereocenters.